The Hall–Kier alpha value is -2.14. The molecule has 0 atom stereocenters. The number of aromatic amines is 1. The number of hydrogen-bond acceptors (Lipinski definition) is 5. The van der Waals surface area contributed by atoms with E-state index in [-0.39, 0.29) is 12.0 Å². The number of nitrogens with one attached hydrogen (secondary N) is 2. The van der Waals surface area contributed by atoms with Crippen LogP contribution in [-0.4, -0.2) is 45.2 Å². The Morgan fingerprint density at radius 3 is 2.44 bits per heavy atom. The lowest BCUT2D eigenvalue weighted by Crippen LogP contribution is -2.25. The van der Waals surface area contributed by atoms with Crippen LogP contribution in [-0.2, 0) is 11.0 Å². The molecular formula is C16H16F3N3O3S2. The summed E-state index contributed by atoms with van der Waals surface area (Å²) >= 11 is 0. The van der Waals surface area contributed by atoms with Gasteiger partial charge in [-0.15, -0.1) is 0 Å². The highest BCUT2D eigenvalue weighted by Crippen LogP contribution is 2.31. The van der Waals surface area contributed by atoms with Gasteiger partial charge in [-0.05, 0) is 12.1 Å². The monoisotopic (exact) mass is 419 g/mol. The number of halogens is 3. The summed E-state index contributed by atoms with van der Waals surface area (Å²) < 4.78 is 37.9. The van der Waals surface area contributed by atoms with Gasteiger partial charge in [0.1, 0.15) is 0 Å². The number of rotatable bonds is 9. The van der Waals surface area contributed by atoms with Crippen molar-refractivity contribution < 1.29 is 27.9 Å². The molecule has 0 radical (unpaired) electrons. The second kappa shape index (κ2) is 9.70. The van der Waals surface area contributed by atoms with Crippen LogP contribution in [0.4, 0.5) is 13.2 Å². The first-order valence-corrected chi connectivity index (χ1v) is 10.2. The minimum Gasteiger partial charge on any atom is -0.481 e. The molecule has 6 nitrogen and oxygen atoms in total. The minimum atomic E-state index is -4.42. The molecule has 146 valence electrons. The van der Waals surface area contributed by atoms with Crippen LogP contribution >= 0.6 is 21.6 Å². The Bertz CT molecular complexity index is 779. The molecule has 1 aromatic heterocycles. The summed E-state index contributed by atoms with van der Waals surface area (Å²) in [4.78, 5) is 22.6. The molecule has 1 heterocycles. The number of H-pyrrole nitrogens is 1. The number of carbonyl (C=O) groups excluding carboxylic acids is 1. The summed E-state index contributed by atoms with van der Waals surface area (Å²) in [6.07, 6.45) is -3.03. The maximum atomic E-state index is 12.6. The van der Waals surface area contributed by atoms with E-state index in [2.05, 4.69) is 15.5 Å². The van der Waals surface area contributed by atoms with Crippen LogP contribution < -0.4 is 5.32 Å². The lowest BCUT2D eigenvalue weighted by molar-refractivity contribution is -0.138. The van der Waals surface area contributed by atoms with E-state index in [1.807, 2.05) is 0 Å². The molecule has 1 amide bonds. The number of alkyl halides is 3. The molecule has 2 rings (SSSR count). The SMILES string of the molecule is O=C(O)CCSSCCNC(=O)c1cn[nH]c1-c1ccc(C(F)(F)F)cc1. The van der Waals surface area contributed by atoms with Crippen molar-refractivity contribution >= 4 is 33.5 Å². The quantitative estimate of drug-likeness (QED) is 0.424. The number of amides is 1. The van der Waals surface area contributed by atoms with Gasteiger partial charge in [-0.1, -0.05) is 33.7 Å². The van der Waals surface area contributed by atoms with E-state index in [4.69, 9.17) is 5.11 Å². The van der Waals surface area contributed by atoms with Crippen LogP contribution in [0.3, 0.4) is 0 Å². The van der Waals surface area contributed by atoms with Crippen LogP contribution in [0.2, 0.25) is 0 Å². The number of carboxylic acids is 1. The summed E-state index contributed by atoms with van der Waals surface area (Å²) in [6.45, 7) is 0.362. The third-order valence-corrected chi connectivity index (χ3v) is 5.75. The zero-order chi connectivity index (χ0) is 19.9. The van der Waals surface area contributed by atoms with Gasteiger partial charge in [-0.2, -0.15) is 18.3 Å². The van der Waals surface area contributed by atoms with E-state index in [1.165, 1.54) is 39.9 Å². The predicted molar refractivity (Wildman–Crippen MR) is 98.5 cm³/mol. The Balaban J connectivity index is 1.88. The van der Waals surface area contributed by atoms with E-state index in [9.17, 15) is 22.8 Å². The maximum absolute atomic E-state index is 12.6. The Labute approximate surface area is 160 Å². The summed E-state index contributed by atoms with van der Waals surface area (Å²) in [5, 5.41) is 17.7. The third kappa shape index (κ3) is 6.51. The van der Waals surface area contributed by atoms with Crippen LogP contribution in [0.15, 0.2) is 30.5 Å². The van der Waals surface area contributed by atoms with E-state index in [0.717, 1.165) is 12.1 Å². The molecule has 0 saturated heterocycles. The van der Waals surface area contributed by atoms with Gasteiger partial charge < -0.3 is 10.4 Å². The second-order valence-corrected chi connectivity index (χ2v) is 7.98. The molecule has 0 bridgehead atoms. The molecule has 2 aromatic rings. The van der Waals surface area contributed by atoms with Crippen LogP contribution in [0.1, 0.15) is 22.3 Å². The van der Waals surface area contributed by atoms with Gasteiger partial charge in [0.05, 0.1) is 29.4 Å². The van der Waals surface area contributed by atoms with Gasteiger partial charge in [0.2, 0.25) is 0 Å². The number of hydrogen-bond donors (Lipinski definition) is 3. The second-order valence-electron chi connectivity index (χ2n) is 5.28. The number of benzene rings is 1. The number of aromatic nitrogens is 2. The third-order valence-electron chi connectivity index (χ3n) is 3.34. The highest BCUT2D eigenvalue weighted by Gasteiger charge is 2.30. The van der Waals surface area contributed by atoms with Crippen molar-refractivity contribution in [1.82, 2.24) is 15.5 Å². The van der Waals surface area contributed by atoms with Crippen molar-refractivity contribution in [2.45, 2.75) is 12.6 Å². The topological polar surface area (TPSA) is 95.1 Å². The van der Waals surface area contributed by atoms with Crippen molar-refractivity contribution in [3.8, 4) is 11.3 Å². The lowest BCUT2D eigenvalue weighted by atomic mass is 10.1. The molecule has 0 aliphatic carbocycles. The standard InChI is InChI=1S/C16H16F3N3O3S2/c17-16(18,19)11-3-1-10(2-4-11)14-12(9-21-22-14)15(25)20-6-8-27-26-7-5-13(23)24/h1-4,9H,5-8H2,(H,20,25)(H,21,22)(H,23,24). The number of carbonyl (C=O) groups is 2. The average Bonchev–Trinajstić information content (AvgIpc) is 3.09. The first-order valence-electron chi connectivity index (χ1n) is 7.74. The normalized spacial score (nSPS) is 11.4. The largest absolute Gasteiger partial charge is 0.481 e. The summed E-state index contributed by atoms with van der Waals surface area (Å²) in [6, 6.07) is 4.45. The van der Waals surface area contributed by atoms with E-state index in [1.54, 1.807) is 0 Å². The number of carboxylic acid groups (broad SMARTS) is 1. The van der Waals surface area contributed by atoms with E-state index >= 15 is 0 Å². The first kappa shape index (κ1) is 21.2. The zero-order valence-corrected chi connectivity index (χ0v) is 15.5. The molecule has 0 spiro atoms. The summed E-state index contributed by atoms with van der Waals surface area (Å²) in [7, 11) is 2.86. The molecule has 3 N–H and O–H groups in total. The van der Waals surface area contributed by atoms with Crippen molar-refractivity contribution in [2.24, 2.45) is 0 Å². The van der Waals surface area contributed by atoms with E-state index < -0.39 is 23.6 Å². The Morgan fingerprint density at radius 1 is 1.15 bits per heavy atom. The Morgan fingerprint density at radius 2 is 1.81 bits per heavy atom. The molecule has 27 heavy (non-hydrogen) atoms. The highest BCUT2D eigenvalue weighted by molar-refractivity contribution is 8.76. The fraction of sp³-hybridized carbons (Fsp3) is 0.312. The molecule has 0 unspecified atom stereocenters. The smallest absolute Gasteiger partial charge is 0.416 e. The molecule has 1 aromatic carbocycles. The number of nitrogens with zero attached hydrogens (tertiary/aromatic N) is 1. The zero-order valence-electron chi connectivity index (χ0n) is 13.9. The predicted octanol–water partition coefficient (Wildman–Crippen LogP) is 3.68. The van der Waals surface area contributed by atoms with Crippen LogP contribution in [0, 0.1) is 0 Å². The summed E-state index contributed by atoms with van der Waals surface area (Å²) in [5.74, 6) is -0.182. The van der Waals surface area contributed by atoms with Gasteiger partial charge in [0.25, 0.3) is 5.91 Å². The molecule has 0 saturated carbocycles. The molecule has 0 aliphatic heterocycles. The van der Waals surface area contributed by atoms with Crippen LogP contribution in [0.5, 0.6) is 0 Å². The van der Waals surface area contributed by atoms with Crippen molar-refractivity contribution in [2.75, 3.05) is 18.1 Å². The lowest BCUT2D eigenvalue weighted by Gasteiger charge is -2.08. The van der Waals surface area contributed by atoms with Crippen molar-refractivity contribution in [3.63, 3.8) is 0 Å². The minimum absolute atomic E-state index is 0.0789. The Kier molecular flexibility index (Phi) is 7.60. The van der Waals surface area contributed by atoms with Crippen molar-refractivity contribution in [3.05, 3.63) is 41.6 Å². The fourth-order valence-corrected chi connectivity index (χ4v) is 3.94. The van der Waals surface area contributed by atoms with Gasteiger partial charge in [0.15, 0.2) is 0 Å². The van der Waals surface area contributed by atoms with Crippen molar-refractivity contribution in [1.29, 1.82) is 0 Å². The summed E-state index contributed by atoms with van der Waals surface area (Å²) in [5.41, 5.74) is 0.224. The average molecular weight is 419 g/mol. The number of aliphatic carboxylic acids is 1. The maximum Gasteiger partial charge on any atom is 0.416 e. The molecular weight excluding hydrogens is 403 g/mol. The van der Waals surface area contributed by atoms with Gasteiger partial charge in [-0.25, -0.2) is 0 Å². The fourth-order valence-electron chi connectivity index (χ4n) is 2.05. The first-order chi connectivity index (χ1) is 12.8. The molecule has 11 heteroatoms. The van der Waals surface area contributed by atoms with E-state index in [0.29, 0.717) is 29.3 Å². The van der Waals surface area contributed by atoms with Gasteiger partial charge >= 0.3 is 12.1 Å². The highest BCUT2D eigenvalue weighted by atomic mass is 33.1. The van der Waals surface area contributed by atoms with Crippen LogP contribution in [0.25, 0.3) is 11.3 Å². The molecule has 0 aliphatic rings. The molecule has 0 fully saturated rings. The van der Waals surface area contributed by atoms with Gasteiger partial charge in [0, 0.05) is 23.6 Å². The van der Waals surface area contributed by atoms with Gasteiger partial charge in [-0.3, -0.25) is 14.7 Å².